The Bertz CT molecular complexity index is 998. The number of rotatable bonds is 3. The maximum atomic E-state index is 14.7. The summed E-state index contributed by atoms with van der Waals surface area (Å²) in [4.78, 5) is 4.50. The summed E-state index contributed by atoms with van der Waals surface area (Å²) < 4.78 is 36.8. The normalized spacial score (nSPS) is 17.6. The average molecular weight is 477 g/mol. The number of benzene rings is 2. The highest BCUT2D eigenvalue weighted by atomic mass is 79.9. The molecule has 142 valence electrons. The number of fused-ring (bicyclic) bond motifs is 1. The van der Waals surface area contributed by atoms with Gasteiger partial charge in [0.25, 0.3) is 0 Å². The molecule has 0 amide bonds. The zero-order valence-electron chi connectivity index (χ0n) is 13.9. The molecule has 1 saturated heterocycles. The number of aromatic nitrogens is 2. The number of imidazole rings is 1. The van der Waals surface area contributed by atoms with Gasteiger partial charge in [-0.15, -0.1) is 0 Å². The van der Waals surface area contributed by atoms with Crippen LogP contribution in [-0.2, 0) is 11.3 Å². The smallest absolute Gasteiger partial charge is 0.145 e. The van der Waals surface area contributed by atoms with Gasteiger partial charge in [0.2, 0.25) is 0 Å². The third-order valence-corrected chi connectivity index (χ3v) is 5.46. The van der Waals surface area contributed by atoms with Crippen LogP contribution in [0.2, 0.25) is 10.0 Å². The molecule has 1 unspecified atom stereocenters. The summed E-state index contributed by atoms with van der Waals surface area (Å²) in [5.41, 5.74) is 1.11. The maximum Gasteiger partial charge on any atom is 0.145 e. The Morgan fingerprint density at radius 3 is 2.70 bits per heavy atom. The van der Waals surface area contributed by atoms with E-state index in [2.05, 4.69) is 26.2 Å². The molecule has 1 atom stereocenters. The van der Waals surface area contributed by atoms with Gasteiger partial charge in [-0.3, -0.25) is 0 Å². The van der Waals surface area contributed by atoms with E-state index in [0.717, 1.165) is 6.54 Å². The Morgan fingerprint density at radius 2 is 2.00 bits per heavy atom. The number of hydrogen-bond donors (Lipinski definition) is 1. The lowest BCUT2D eigenvalue weighted by Gasteiger charge is -2.25. The Labute approximate surface area is 172 Å². The lowest BCUT2D eigenvalue weighted by Crippen LogP contribution is -2.40. The zero-order chi connectivity index (χ0) is 19.1. The number of morpholine rings is 1. The molecule has 4 nitrogen and oxygen atoms in total. The summed E-state index contributed by atoms with van der Waals surface area (Å²) in [7, 11) is 0. The van der Waals surface area contributed by atoms with Crippen LogP contribution in [0.3, 0.4) is 0 Å². The molecular formula is C18H14BrCl2F2N3O. The molecule has 1 N–H and O–H groups in total. The number of nitrogens with zero attached hydrogens (tertiary/aromatic N) is 2. The van der Waals surface area contributed by atoms with E-state index >= 15 is 0 Å². The molecule has 3 aromatic rings. The Kier molecular flexibility index (Phi) is 5.40. The highest BCUT2D eigenvalue weighted by Gasteiger charge is 2.24. The summed E-state index contributed by atoms with van der Waals surface area (Å²) in [5.74, 6) is -0.794. The van der Waals surface area contributed by atoms with Crippen molar-refractivity contribution in [2.24, 2.45) is 0 Å². The largest absolute Gasteiger partial charge is 0.374 e. The van der Waals surface area contributed by atoms with Crippen molar-refractivity contribution in [2.45, 2.75) is 12.6 Å². The number of ether oxygens (including phenoxy) is 1. The predicted octanol–water partition coefficient (Wildman–Crippen LogP) is 5.04. The fourth-order valence-corrected chi connectivity index (χ4v) is 4.20. The minimum absolute atomic E-state index is 0.0448. The van der Waals surface area contributed by atoms with Crippen LogP contribution in [-0.4, -0.2) is 35.4 Å². The van der Waals surface area contributed by atoms with Crippen LogP contribution in [0.5, 0.6) is 0 Å². The van der Waals surface area contributed by atoms with Gasteiger partial charge in [-0.25, -0.2) is 13.8 Å². The van der Waals surface area contributed by atoms with Crippen molar-refractivity contribution in [3.05, 3.63) is 50.4 Å². The highest BCUT2D eigenvalue weighted by Crippen LogP contribution is 2.36. The Morgan fingerprint density at radius 1 is 1.19 bits per heavy atom. The van der Waals surface area contributed by atoms with Gasteiger partial charge in [-0.05, 0) is 18.2 Å². The SMILES string of the molecule is Fc1cc2c(cc1Cl)nc(-c1c(F)cc(Br)cc1Cl)n2CC1CNCCO1. The van der Waals surface area contributed by atoms with Crippen molar-refractivity contribution in [3.8, 4) is 11.4 Å². The van der Waals surface area contributed by atoms with Gasteiger partial charge in [-0.2, -0.15) is 0 Å². The van der Waals surface area contributed by atoms with E-state index < -0.39 is 11.6 Å². The molecule has 0 bridgehead atoms. The van der Waals surface area contributed by atoms with E-state index in [1.807, 2.05) is 0 Å². The zero-order valence-corrected chi connectivity index (χ0v) is 17.0. The van der Waals surface area contributed by atoms with Crippen LogP contribution in [0, 0.1) is 11.6 Å². The first-order chi connectivity index (χ1) is 12.9. The first kappa shape index (κ1) is 19.1. The molecule has 9 heteroatoms. The van der Waals surface area contributed by atoms with Gasteiger partial charge in [0.15, 0.2) is 0 Å². The van der Waals surface area contributed by atoms with Crippen molar-refractivity contribution in [1.29, 1.82) is 0 Å². The van der Waals surface area contributed by atoms with Crippen LogP contribution in [0.4, 0.5) is 8.78 Å². The second kappa shape index (κ2) is 7.64. The van der Waals surface area contributed by atoms with Crippen molar-refractivity contribution in [2.75, 3.05) is 19.7 Å². The molecule has 0 radical (unpaired) electrons. The first-order valence-corrected chi connectivity index (χ1v) is 9.81. The Hall–Kier alpha value is -1.25. The fraction of sp³-hybridized carbons (Fsp3) is 0.278. The fourth-order valence-electron chi connectivity index (χ4n) is 3.19. The predicted molar refractivity (Wildman–Crippen MR) is 105 cm³/mol. The number of hydrogen-bond acceptors (Lipinski definition) is 3. The standard InChI is InChI=1S/C18H14BrCl2F2N3O/c19-9-3-12(21)17(14(23)4-9)18-25-15-5-11(20)13(22)6-16(15)26(18)8-10-7-24-1-2-27-10/h3-6,10,24H,1-2,7-8H2. The first-order valence-electron chi connectivity index (χ1n) is 8.26. The van der Waals surface area contributed by atoms with Gasteiger partial charge in [0.1, 0.15) is 17.5 Å². The maximum absolute atomic E-state index is 14.7. The molecule has 1 fully saturated rings. The summed E-state index contributed by atoms with van der Waals surface area (Å²) in [6.45, 7) is 2.34. The van der Waals surface area contributed by atoms with Crippen LogP contribution in [0.25, 0.3) is 22.4 Å². The van der Waals surface area contributed by atoms with Crippen molar-refractivity contribution in [3.63, 3.8) is 0 Å². The second-order valence-corrected chi connectivity index (χ2v) is 7.97. The molecule has 1 aliphatic rings. The van der Waals surface area contributed by atoms with E-state index in [-0.39, 0.29) is 21.7 Å². The monoisotopic (exact) mass is 475 g/mol. The van der Waals surface area contributed by atoms with Crippen LogP contribution in [0.1, 0.15) is 0 Å². The summed E-state index contributed by atoms with van der Waals surface area (Å²) in [5, 5.41) is 3.40. The minimum atomic E-state index is -0.568. The van der Waals surface area contributed by atoms with Gasteiger partial charge < -0.3 is 14.6 Å². The molecular weight excluding hydrogens is 463 g/mol. The van der Waals surface area contributed by atoms with E-state index in [1.165, 1.54) is 18.2 Å². The summed E-state index contributed by atoms with van der Waals surface area (Å²) >= 11 is 15.4. The van der Waals surface area contributed by atoms with Crippen molar-refractivity contribution in [1.82, 2.24) is 14.9 Å². The van der Waals surface area contributed by atoms with E-state index in [9.17, 15) is 8.78 Å². The number of halogens is 5. The van der Waals surface area contributed by atoms with Crippen molar-refractivity contribution >= 4 is 50.2 Å². The Balaban J connectivity index is 1.92. The summed E-state index contributed by atoms with van der Waals surface area (Å²) in [6.07, 6.45) is -0.161. The van der Waals surface area contributed by atoms with Crippen LogP contribution < -0.4 is 5.32 Å². The summed E-state index contributed by atoms with van der Waals surface area (Å²) in [6, 6.07) is 5.64. The molecule has 1 aliphatic heterocycles. The lowest BCUT2D eigenvalue weighted by atomic mass is 10.2. The third kappa shape index (κ3) is 3.71. The van der Waals surface area contributed by atoms with Crippen LogP contribution >= 0.6 is 39.1 Å². The van der Waals surface area contributed by atoms with Gasteiger partial charge in [-0.1, -0.05) is 39.1 Å². The van der Waals surface area contributed by atoms with Gasteiger partial charge in [0.05, 0.1) is 45.9 Å². The van der Waals surface area contributed by atoms with E-state index in [4.69, 9.17) is 27.9 Å². The third-order valence-electron chi connectivity index (χ3n) is 4.41. The highest BCUT2D eigenvalue weighted by molar-refractivity contribution is 9.10. The number of nitrogens with one attached hydrogen (secondary N) is 1. The average Bonchev–Trinajstić information content (AvgIpc) is 2.93. The second-order valence-electron chi connectivity index (χ2n) is 6.24. The molecule has 2 aromatic carbocycles. The van der Waals surface area contributed by atoms with Crippen molar-refractivity contribution < 1.29 is 13.5 Å². The molecule has 27 heavy (non-hydrogen) atoms. The van der Waals surface area contributed by atoms with E-state index in [1.54, 1.807) is 10.6 Å². The van der Waals surface area contributed by atoms with E-state index in [0.29, 0.717) is 41.0 Å². The molecule has 2 heterocycles. The topological polar surface area (TPSA) is 39.1 Å². The van der Waals surface area contributed by atoms with Gasteiger partial charge >= 0.3 is 0 Å². The molecule has 0 saturated carbocycles. The lowest BCUT2D eigenvalue weighted by molar-refractivity contribution is 0.0191. The molecule has 0 aliphatic carbocycles. The van der Waals surface area contributed by atoms with Crippen LogP contribution in [0.15, 0.2) is 28.7 Å². The molecule has 1 aromatic heterocycles. The minimum Gasteiger partial charge on any atom is -0.374 e. The molecule has 4 rings (SSSR count). The molecule has 0 spiro atoms. The quantitative estimate of drug-likeness (QED) is 0.575. The van der Waals surface area contributed by atoms with Gasteiger partial charge in [0, 0.05) is 23.6 Å².